The Balaban J connectivity index is 1.81. The number of nitrogen functional groups attached to an aromatic ring is 1. The molecule has 0 spiro atoms. The van der Waals surface area contributed by atoms with Gasteiger partial charge >= 0.3 is 0 Å². The van der Waals surface area contributed by atoms with Crippen molar-refractivity contribution in [2.45, 2.75) is 20.3 Å². The van der Waals surface area contributed by atoms with Crippen LogP contribution in [-0.4, -0.2) is 21.7 Å². The van der Waals surface area contributed by atoms with Gasteiger partial charge in [0.1, 0.15) is 5.00 Å². The zero-order valence-corrected chi connectivity index (χ0v) is 15.3. The molecule has 4 N–H and O–H groups in total. The Morgan fingerprint density at radius 3 is 2.70 bits per heavy atom. The lowest BCUT2D eigenvalue weighted by Gasteiger charge is -2.08. The second-order valence-corrected chi connectivity index (χ2v) is 6.60. The van der Waals surface area contributed by atoms with Crippen LogP contribution in [0.5, 0.6) is 0 Å². The summed E-state index contributed by atoms with van der Waals surface area (Å²) in [6.07, 6.45) is 0.849. The summed E-state index contributed by atoms with van der Waals surface area (Å²) in [5.41, 5.74) is 12.4. The van der Waals surface area contributed by atoms with Crippen LogP contribution in [0.3, 0.4) is 0 Å². The summed E-state index contributed by atoms with van der Waals surface area (Å²) in [6.45, 7) is 4.49. The third kappa shape index (κ3) is 5.16. The maximum atomic E-state index is 5.89. The van der Waals surface area contributed by atoms with Crippen molar-refractivity contribution >= 4 is 51.2 Å². The van der Waals surface area contributed by atoms with Crippen molar-refractivity contribution in [1.82, 2.24) is 15.1 Å². The summed E-state index contributed by atoms with van der Waals surface area (Å²) in [4.78, 5) is 0. The van der Waals surface area contributed by atoms with Crippen LogP contribution >= 0.6 is 35.4 Å². The van der Waals surface area contributed by atoms with Crippen LogP contribution < -0.4 is 16.5 Å². The van der Waals surface area contributed by atoms with Crippen molar-refractivity contribution in [3.63, 3.8) is 0 Å². The van der Waals surface area contributed by atoms with E-state index in [1.54, 1.807) is 0 Å². The number of hydrogen-bond acceptors (Lipinski definition) is 5. The molecule has 8 heteroatoms. The maximum absolute atomic E-state index is 5.89. The lowest BCUT2D eigenvalue weighted by atomic mass is 10.1. The number of aromatic nitrogens is 1. The molecule has 0 atom stereocenters. The Morgan fingerprint density at radius 2 is 2.09 bits per heavy atom. The van der Waals surface area contributed by atoms with Crippen LogP contribution in [0, 0.1) is 6.92 Å². The molecule has 0 amide bonds. The number of nitrogens with two attached hydrogens (primary N) is 1. The first-order chi connectivity index (χ1) is 11.0. The van der Waals surface area contributed by atoms with Crippen LogP contribution in [-0.2, 0) is 6.42 Å². The van der Waals surface area contributed by atoms with Crippen molar-refractivity contribution in [3.05, 3.63) is 46.1 Å². The van der Waals surface area contributed by atoms with Crippen molar-refractivity contribution in [1.29, 1.82) is 0 Å². The van der Waals surface area contributed by atoms with Gasteiger partial charge in [-0.25, -0.2) is 0 Å². The molecule has 0 saturated carbocycles. The predicted molar refractivity (Wildman–Crippen MR) is 102 cm³/mol. The van der Waals surface area contributed by atoms with Gasteiger partial charge in [0, 0.05) is 11.6 Å². The Labute approximate surface area is 150 Å². The van der Waals surface area contributed by atoms with E-state index in [1.807, 2.05) is 38.1 Å². The minimum atomic E-state index is 0.470. The maximum Gasteiger partial charge on any atom is 0.186 e. The van der Waals surface area contributed by atoms with Crippen molar-refractivity contribution in [3.8, 4) is 0 Å². The first-order valence-electron chi connectivity index (χ1n) is 7.02. The zero-order chi connectivity index (χ0) is 16.8. The molecule has 122 valence electrons. The Morgan fingerprint density at radius 1 is 1.39 bits per heavy atom. The minimum Gasteiger partial charge on any atom is -0.389 e. The van der Waals surface area contributed by atoms with Gasteiger partial charge in [0.05, 0.1) is 17.0 Å². The van der Waals surface area contributed by atoms with Crippen molar-refractivity contribution in [2.24, 2.45) is 5.10 Å². The average molecular weight is 368 g/mol. The van der Waals surface area contributed by atoms with Crippen LogP contribution in [0.1, 0.15) is 23.7 Å². The molecule has 2 rings (SSSR count). The van der Waals surface area contributed by atoms with E-state index >= 15 is 0 Å². The smallest absolute Gasteiger partial charge is 0.186 e. The Hall–Kier alpha value is -1.70. The minimum absolute atomic E-state index is 0.470. The second kappa shape index (κ2) is 8.24. The fourth-order valence-corrected chi connectivity index (χ4v) is 3.02. The van der Waals surface area contributed by atoms with Crippen LogP contribution in [0.2, 0.25) is 5.02 Å². The molecule has 2 aromatic rings. The highest BCUT2D eigenvalue weighted by Crippen LogP contribution is 2.21. The monoisotopic (exact) mass is 367 g/mol. The number of nitrogens with one attached hydrogen (secondary N) is 2. The summed E-state index contributed by atoms with van der Waals surface area (Å²) in [5, 5.41) is 9.24. The number of benzene rings is 1. The van der Waals surface area contributed by atoms with E-state index in [1.165, 1.54) is 17.1 Å². The van der Waals surface area contributed by atoms with Gasteiger partial charge in [-0.1, -0.05) is 23.7 Å². The number of aryl methyl sites for hydroxylation is 1. The molecule has 0 aliphatic heterocycles. The summed E-state index contributed by atoms with van der Waals surface area (Å²) >= 11 is 12.3. The molecule has 0 aliphatic carbocycles. The highest BCUT2D eigenvalue weighted by Gasteiger charge is 2.10. The van der Waals surface area contributed by atoms with Crippen molar-refractivity contribution in [2.75, 3.05) is 12.3 Å². The lowest BCUT2D eigenvalue weighted by molar-refractivity contribution is 0.836. The van der Waals surface area contributed by atoms with Crippen LogP contribution in [0.25, 0.3) is 0 Å². The summed E-state index contributed by atoms with van der Waals surface area (Å²) in [6, 6.07) is 7.75. The van der Waals surface area contributed by atoms with Gasteiger partial charge < -0.3 is 11.1 Å². The van der Waals surface area contributed by atoms with Gasteiger partial charge in [-0.2, -0.15) is 9.47 Å². The zero-order valence-electron chi connectivity index (χ0n) is 12.9. The number of hydrogen-bond donors (Lipinski definition) is 3. The van der Waals surface area contributed by atoms with E-state index in [-0.39, 0.29) is 0 Å². The van der Waals surface area contributed by atoms with E-state index in [4.69, 9.17) is 29.6 Å². The average Bonchev–Trinajstić information content (AvgIpc) is 2.86. The number of hydrazone groups is 1. The second-order valence-electron chi connectivity index (χ2n) is 4.95. The highest BCUT2D eigenvalue weighted by atomic mass is 35.5. The van der Waals surface area contributed by atoms with Gasteiger partial charge in [-0.15, -0.1) is 0 Å². The van der Waals surface area contributed by atoms with E-state index < -0.39 is 0 Å². The molecule has 0 fully saturated rings. The highest BCUT2D eigenvalue weighted by molar-refractivity contribution is 7.80. The summed E-state index contributed by atoms with van der Waals surface area (Å²) < 4.78 is 4.20. The predicted octanol–water partition coefficient (Wildman–Crippen LogP) is 3.12. The first kappa shape index (κ1) is 17.7. The van der Waals surface area contributed by atoms with Crippen LogP contribution in [0.4, 0.5) is 5.00 Å². The van der Waals surface area contributed by atoms with Gasteiger partial charge in [-0.3, -0.25) is 5.43 Å². The normalized spacial score (nSPS) is 11.3. The fraction of sp³-hybridized carbons (Fsp3) is 0.267. The van der Waals surface area contributed by atoms with Gasteiger partial charge in [0.25, 0.3) is 0 Å². The van der Waals surface area contributed by atoms with E-state index in [0.717, 1.165) is 28.4 Å². The number of rotatable bonds is 5. The van der Waals surface area contributed by atoms with E-state index in [9.17, 15) is 0 Å². The van der Waals surface area contributed by atoms with E-state index in [0.29, 0.717) is 16.7 Å². The molecule has 1 aromatic heterocycles. The Kier molecular flexibility index (Phi) is 6.32. The number of anilines is 1. The molecular weight excluding hydrogens is 350 g/mol. The first-order valence-corrected chi connectivity index (χ1v) is 8.58. The molecule has 5 nitrogen and oxygen atoms in total. The molecule has 0 radical (unpaired) electrons. The largest absolute Gasteiger partial charge is 0.389 e. The SMILES string of the molecule is C/C(=N/NC(=S)NCCc1ccc(Cl)cc1)c1c(C)nsc1N. The third-order valence-electron chi connectivity index (χ3n) is 3.19. The number of thiocarbonyl (C=S) groups is 1. The molecule has 23 heavy (non-hydrogen) atoms. The summed E-state index contributed by atoms with van der Waals surface area (Å²) in [5.74, 6) is 0. The van der Waals surface area contributed by atoms with Gasteiger partial charge in [-0.05, 0) is 61.7 Å². The van der Waals surface area contributed by atoms with Crippen molar-refractivity contribution < 1.29 is 0 Å². The lowest BCUT2D eigenvalue weighted by Crippen LogP contribution is -2.34. The molecular formula is C15H18ClN5S2. The molecule has 1 heterocycles. The topological polar surface area (TPSA) is 75.3 Å². The summed E-state index contributed by atoms with van der Waals surface area (Å²) in [7, 11) is 0. The molecule has 0 unspecified atom stereocenters. The molecule has 0 saturated heterocycles. The van der Waals surface area contributed by atoms with Gasteiger partial charge in [0.2, 0.25) is 0 Å². The third-order valence-corrected chi connectivity index (χ3v) is 4.44. The molecule has 0 aliphatic rings. The van der Waals surface area contributed by atoms with Gasteiger partial charge in [0.15, 0.2) is 5.11 Å². The van der Waals surface area contributed by atoms with Crippen LogP contribution in [0.15, 0.2) is 29.4 Å². The standard InChI is InChI=1S/C15H18ClN5S2/c1-9(13-10(2)21-23-14(13)17)19-20-15(22)18-8-7-11-3-5-12(16)6-4-11/h3-6H,7-8,17H2,1-2H3,(H2,18,20,22)/b19-9-. The quantitative estimate of drug-likeness (QED) is 0.430. The van der Waals surface area contributed by atoms with E-state index in [2.05, 4.69) is 20.2 Å². The molecule has 0 bridgehead atoms. The Bertz CT molecular complexity index is 690. The number of nitrogens with zero attached hydrogens (tertiary/aromatic N) is 2. The molecule has 1 aromatic carbocycles. The number of halogens is 1. The fourth-order valence-electron chi connectivity index (χ4n) is 2.03.